The van der Waals surface area contributed by atoms with Crippen LogP contribution in [-0.4, -0.2) is 28.8 Å². The summed E-state index contributed by atoms with van der Waals surface area (Å²) in [5.41, 5.74) is 2.16. The average molecular weight is 474 g/mol. The van der Waals surface area contributed by atoms with Crippen LogP contribution in [0.4, 0.5) is 10.5 Å². The zero-order valence-electron chi connectivity index (χ0n) is 18.6. The fourth-order valence-electron chi connectivity index (χ4n) is 5.22. The highest BCUT2D eigenvalue weighted by atomic mass is 35.5. The van der Waals surface area contributed by atoms with Crippen molar-refractivity contribution in [3.05, 3.63) is 101 Å². The summed E-state index contributed by atoms with van der Waals surface area (Å²) in [6.45, 7) is 2.17. The van der Waals surface area contributed by atoms with Crippen molar-refractivity contribution in [3.8, 4) is 0 Å². The Bertz CT molecular complexity index is 1230. The number of nitrogens with one attached hydrogen (secondary N) is 1. The number of fused-ring (bicyclic) bond motifs is 1. The van der Waals surface area contributed by atoms with Gasteiger partial charge >= 0.3 is 6.03 Å². The van der Waals surface area contributed by atoms with Gasteiger partial charge in [-0.1, -0.05) is 78.3 Å². The maximum absolute atomic E-state index is 13.7. The first-order valence-electron chi connectivity index (χ1n) is 11.3. The van der Waals surface area contributed by atoms with E-state index in [1.54, 1.807) is 41.3 Å². The predicted molar refractivity (Wildman–Crippen MR) is 130 cm³/mol. The summed E-state index contributed by atoms with van der Waals surface area (Å²) in [6.07, 6.45) is 0. The van der Waals surface area contributed by atoms with Crippen LogP contribution in [0.15, 0.2) is 84.9 Å². The van der Waals surface area contributed by atoms with E-state index in [9.17, 15) is 14.4 Å². The van der Waals surface area contributed by atoms with Crippen LogP contribution < -0.4 is 10.2 Å². The lowest BCUT2D eigenvalue weighted by molar-refractivity contribution is -0.123. The van der Waals surface area contributed by atoms with E-state index in [1.807, 2.05) is 55.5 Å². The second-order valence-corrected chi connectivity index (χ2v) is 9.06. The maximum Gasteiger partial charge on any atom is 0.318 e. The quantitative estimate of drug-likeness (QED) is 0.553. The number of nitrogens with zero attached hydrogens (tertiary/aromatic N) is 2. The van der Waals surface area contributed by atoms with E-state index >= 15 is 0 Å². The van der Waals surface area contributed by atoms with Crippen molar-refractivity contribution in [2.24, 2.45) is 11.8 Å². The number of urea groups is 1. The Morgan fingerprint density at radius 1 is 0.853 bits per heavy atom. The first kappa shape index (κ1) is 22.2. The van der Waals surface area contributed by atoms with E-state index in [0.717, 1.165) is 5.56 Å². The number of carbonyl (C=O) groups excluding carboxylic acids is 3. The van der Waals surface area contributed by atoms with Gasteiger partial charge in [0.2, 0.25) is 11.8 Å². The van der Waals surface area contributed by atoms with Crippen molar-refractivity contribution < 1.29 is 14.4 Å². The first-order chi connectivity index (χ1) is 16.5. The van der Waals surface area contributed by atoms with Crippen LogP contribution in [0.3, 0.4) is 0 Å². The summed E-state index contributed by atoms with van der Waals surface area (Å²) in [5.74, 6) is -1.97. The molecule has 0 bridgehead atoms. The van der Waals surface area contributed by atoms with Crippen LogP contribution in [0.5, 0.6) is 0 Å². The highest BCUT2D eigenvalue weighted by Crippen LogP contribution is 2.51. The Morgan fingerprint density at radius 2 is 1.44 bits per heavy atom. The third-order valence-electron chi connectivity index (χ3n) is 6.76. The lowest BCUT2D eigenvalue weighted by atomic mass is 9.87. The van der Waals surface area contributed by atoms with Gasteiger partial charge in [-0.05, 0) is 36.2 Å². The highest BCUT2D eigenvalue weighted by molar-refractivity contribution is 6.31. The molecule has 2 heterocycles. The molecular weight excluding hydrogens is 450 g/mol. The number of anilines is 1. The Balaban J connectivity index is 1.52. The van der Waals surface area contributed by atoms with Crippen LogP contribution in [0.2, 0.25) is 5.02 Å². The molecule has 4 amide bonds. The number of rotatable bonds is 4. The van der Waals surface area contributed by atoms with E-state index in [-0.39, 0.29) is 17.8 Å². The van der Waals surface area contributed by atoms with Crippen LogP contribution in [0.25, 0.3) is 0 Å². The van der Waals surface area contributed by atoms with E-state index in [0.29, 0.717) is 22.8 Å². The molecule has 4 unspecified atom stereocenters. The summed E-state index contributed by atoms with van der Waals surface area (Å²) in [7, 11) is 0. The normalized spacial score (nSPS) is 23.8. The molecule has 0 aliphatic carbocycles. The Labute approximate surface area is 203 Å². The molecular formula is C27H24ClN3O3. The zero-order chi connectivity index (χ0) is 23.8. The number of halogens is 1. The van der Waals surface area contributed by atoms with Gasteiger partial charge in [-0.3, -0.25) is 9.59 Å². The molecule has 0 spiro atoms. The number of benzene rings is 3. The minimum absolute atomic E-state index is 0.288. The summed E-state index contributed by atoms with van der Waals surface area (Å²) >= 11 is 6.55. The molecule has 0 radical (unpaired) electrons. The Morgan fingerprint density at radius 3 is 2.12 bits per heavy atom. The summed E-state index contributed by atoms with van der Waals surface area (Å²) in [6, 6.07) is 24.2. The van der Waals surface area contributed by atoms with Gasteiger partial charge in [-0.15, -0.1) is 0 Å². The summed E-state index contributed by atoms with van der Waals surface area (Å²) in [4.78, 5) is 43.6. The highest BCUT2D eigenvalue weighted by Gasteiger charge is 2.62. The second-order valence-electron chi connectivity index (χ2n) is 8.66. The lowest BCUT2D eigenvalue weighted by Gasteiger charge is -2.32. The first-order valence-corrected chi connectivity index (χ1v) is 11.6. The van der Waals surface area contributed by atoms with Crippen molar-refractivity contribution in [2.75, 3.05) is 4.90 Å². The third kappa shape index (κ3) is 3.64. The molecule has 4 atom stereocenters. The van der Waals surface area contributed by atoms with Gasteiger partial charge < -0.3 is 10.2 Å². The number of para-hydroxylation sites is 1. The molecule has 2 aliphatic heterocycles. The molecule has 3 aromatic carbocycles. The van der Waals surface area contributed by atoms with Gasteiger partial charge in [0, 0.05) is 17.6 Å². The molecule has 2 fully saturated rings. The molecule has 0 saturated carbocycles. The third-order valence-corrected chi connectivity index (χ3v) is 7.10. The molecule has 1 N–H and O–H groups in total. The number of likely N-dealkylation sites (tertiary alicyclic amines) is 1. The Kier molecular flexibility index (Phi) is 5.84. The molecule has 34 heavy (non-hydrogen) atoms. The molecule has 6 nitrogen and oxygen atoms in total. The topological polar surface area (TPSA) is 69.7 Å². The van der Waals surface area contributed by atoms with E-state index < -0.39 is 23.9 Å². The van der Waals surface area contributed by atoms with Gasteiger partial charge in [-0.2, -0.15) is 0 Å². The van der Waals surface area contributed by atoms with E-state index in [1.165, 1.54) is 4.90 Å². The van der Waals surface area contributed by atoms with Crippen LogP contribution in [-0.2, 0) is 16.1 Å². The van der Waals surface area contributed by atoms with Crippen LogP contribution >= 0.6 is 11.6 Å². The molecule has 5 rings (SSSR count). The van der Waals surface area contributed by atoms with Gasteiger partial charge in [-0.25, -0.2) is 9.69 Å². The molecule has 2 aliphatic rings. The maximum atomic E-state index is 13.7. The number of amides is 4. The van der Waals surface area contributed by atoms with E-state index in [4.69, 9.17) is 11.6 Å². The number of carbonyl (C=O) groups is 3. The van der Waals surface area contributed by atoms with Crippen molar-refractivity contribution >= 4 is 35.1 Å². The Hall–Kier alpha value is -3.64. The minimum atomic E-state index is -0.718. The van der Waals surface area contributed by atoms with Crippen LogP contribution in [0.1, 0.15) is 24.1 Å². The van der Waals surface area contributed by atoms with Gasteiger partial charge in [0.1, 0.15) is 0 Å². The molecule has 172 valence electrons. The smallest absolute Gasteiger partial charge is 0.318 e. The monoisotopic (exact) mass is 473 g/mol. The molecule has 2 saturated heterocycles. The average Bonchev–Trinajstić information content (AvgIpc) is 3.30. The summed E-state index contributed by atoms with van der Waals surface area (Å²) in [5, 5.41) is 3.42. The van der Waals surface area contributed by atoms with Gasteiger partial charge in [0.25, 0.3) is 0 Å². The number of imide groups is 1. The largest absolute Gasteiger partial charge is 0.334 e. The van der Waals surface area contributed by atoms with Crippen molar-refractivity contribution in [1.82, 2.24) is 10.2 Å². The van der Waals surface area contributed by atoms with Gasteiger partial charge in [0.15, 0.2) is 0 Å². The number of hydrogen-bond donors (Lipinski definition) is 1. The molecule has 7 heteroatoms. The van der Waals surface area contributed by atoms with Crippen molar-refractivity contribution in [3.63, 3.8) is 0 Å². The SMILES string of the molecule is CC1C2C(=O)N(c3ccccc3)C(=O)C2C(c2ccccc2Cl)N1C(=O)NCc1ccccc1. The second kappa shape index (κ2) is 8.95. The zero-order valence-corrected chi connectivity index (χ0v) is 19.4. The fraction of sp³-hybridized carbons (Fsp3) is 0.222. The standard InChI is InChI=1S/C27H24ClN3O3/c1-17-22-23(26(33)31(25(22)32)19-12-6-3-7-13-19)24(20-14-8-9-15-21(20)28)30(17)27(34)29-16-18-10-4-2-5-11-18/h2-15,17,22-24H,16H2,1H3,(H,29,34). The summed E-state index contributed by atoms with van der Waals surface area (Å²) < 4.78 is 0. The van der Waals surface area contributed by atoms with Gasteiger partial charge in [0.05, 0.1) is 23.6 Å². The fourth-order valence-corrected chi connectivity index (χ4v) is 5.46. The van der Waals surface area contributed by atoms with Crippen molar-refractivity contribution in [2.45, 2.75) is 25.6 Å². The molecule has 3 aromatic rings. The predicted octanol–water partition coefficient (Wildman–Crippen LogP) is 4.80. The molecule has 0 aromatic heterocycles. The van der Waals surface area contributed by atoms with E-state index in [2.05, 4.69) is 5.32 Å². The minimum Gasteiger partial charge on any atom is -0.334 e. The lowest BCUT2D eigenvalue weighted by Crippen LogP contribution is -2.47. The number of hydrogen-bond acceptors (Lipinski definition) is 3. The van der Waals surface area contributed by atoms with Crippen molar-refractivity contribution in [1.29, 1.82) is 0 Å². The van der Waals surface area contributed by atoms with Crippen LogP contribution in [0, 0.1) is 11.8 Å².